The van der Waals surface area contributed by atoms with E-state index in [2.05, 4.69) is 10.3 Å². The summed E-state index contributed by atoms with van der Waals surface area (Å²) in [5, 5.41) is 4.11. The largest absolute Gasteiger partial charge is 0.453 e. The summed E-state index contributed by atoms with van der Waals surface area (Å²) in [5.74, 6) is 1.41. The van der Waals surface area contributed by atoms with Gasteiger partial charge in [-0.1, -0.05) is 18.2 Å². The molecule has 86 valence electrons. The van der Waals surface area contributed by atoms with Crippen LogP contribution in [-0.4, -0.2) is 12.0 Å². The summed E-state index contributed by atoms with van der Waals surface area (Å²) in [6.45, 7) is 0.656. The predicted octanol–water partition coefficient (Wildman–Crippen LogP) is 2.81. The molecule has 0 aliphatic heterocycles. The summed E-state index contributed by atoms with van der Waals surface area (Å²) in [6, 6.07) is 9.85. The van der Waals surface area contributed by atoms with Gasteiger partial charge in [0.25, 0.3) is 0 Å². The summed E-state index contributed by atoms with van der Waals surface area (Å²) < 4.78 is 11.1. The summed E-state index contributed by atoms with van der Waals surface area (Å²) >= 11 is 0. The van der Waals surface area contributed by atoms with E-state index < -0.39 is 0 Å². The van der Waals surface area contributed by atoms with E-state index in [0.717, 1.165) is 16.7 Å². The third-order valence-electron chi connectivity index (χ3n) is 2.63. The molecule has 2 heterocycles. The second-order valence-electron chi connectivity index (χ2n) is 3.81. The zero-order chi connectivity index (χ0) is 11.7. The Morgan fingerprint density at radius 2 is 2.18 bits per heavy atom. The molecule has 0 atom stereocenters. The monoisotopic (exact) mass is 228 g/mol. The van der Waals surface area contributed by atoms with Crippen molar-refractivity contribution in [2.75, 3.05) is 7.05 Å². The molecular weight excluding hydrogens is 216 g/mol. The van der Waals surface area contributed by atoms with E-state index in [-0.39, 0.29) is 0 Å². The maximum Gasteiger partial charge on any atom is 0.194 e. The SMILES string of the molecule is CNCc1ncoc1-c1cc2ccccc2o1. The minimum absolute atomic E-state index is 0.656. The van der Waals surface area contributed by atoms with Crippen molar-refractivity contribution in [2.45, 2.75) is 6.54 Å². The fourth-order valence-electron chi connectivity index (χ4n) is 1.86. The minimum atomic E-state index is 0.656. The number of oxazole rings is 1. The van der Waals surface area contributed by atoms with Crippen LogP contribution in [0, 0.1) is 0 Å². The van der Waals surface area contributed by atoms with Gasteiger partial charge in [0, 0.05) is 11.9 Å². The standard InChI is InChI=1S/C13H12N2O2/c1-14-7-10-13(16-8-15-10)12-6-9-4-2-3-5-11(9)17-12/h2-6,8,14H,7H2,1H3. The molecule has 0 bridgehead atoms. The van der Waals surface area contributed by atoms with Gasteiger partial charge in [0.15, 0.2) is 17.9 Å². The van der Waals surface area contributed by atoms with Gasteiger partial charge in [-0.2, -0.15) is 0 Å². The van der Waals surface area contributed by atoms with Crippen LogP contribution >= 0.6 is 0 Å². The van der Waals surface area contributed by atoms with Gasteiger partial charge >= 0.3 is 0 Å². The fraction of sp³-hybridized carbons (Fsp3) is 0.154. The van der Waals surface area contributed by atoms with E-state index in [4.69, 9.17) is 8.83 Å². The number of furan rings is 1. The topological polar surface area (TPSA) is 51.2 Å². The quantitative estimate of drug-likeness (QED) is 0.748. The van der Waals surface area contributed by atoms with Gasteiger partial charge in [-0.3, -0.25) is 0 Å². The summed E-state index contributed by atoms with van der Waals surface area (Å²) in [7, 11) is 1.87. The van der Waals surface area contributed by atoms with Gasteiger partial charge in [-0.15, -0.1) is 0 Å². The number of hydrogen-bond donors (Lipinski definition) is 1. The Labute approximate surface area is 98.3 Å². The summed E-state index contributed by atoms with van der Waals surface area (Å²) in [4.78, 5) is 4.16. The predicted molar refractivity (Wildman–Crippen MR) is 64.5 cm³/mol. The normalized spacial score (nSPS) is 11.1. The molecule has 3 aromatic rings. The molecule has 0 fully saturated rings. The lowest BCUT2D eigenvalue weighted by atomic mass is 10.2. The number of benzene rings is 1. The average molecular weight is 228 g/mol. The van der Waals surface area contributed by atoms with Crippen molar-refractivity contribution in [1.29, 1.82) is 0 Å². The highest BCUT2D eigenvalue weighted by molar-refractivity contribution is 5.82. The van der Waals surface area contributed by atoms with Crippen molar-refractivity contribution in [1.82, 2.24) is 10.3 Å². The molecule has 4 nitrogen and oxygen atoms in total. The molecule has 1 N–H and O–H groups in total. The molecule has 2 aromatic heterocycles. The van der Waals surface area contributed by atoms with Crippen LogP contribution < -0.4 is 5.32 Å². The Kier molecular flexibility index (Phi) is 2.42. The Morgan fingerprint density at radius 3 is 3.00 bits per heavy atom. The fourth-order valence-corrected chi connectivity index (χ4v) is 1.86. The van der Waals surface area contributed by atoms with Gasteiger partial charge in [-0.25, -0.2) is 4.98 Å². The van der Waals surface area contributed by atoms with Gasteiger partial charge < -0.3 is 14.2 Å². The summed E-state index contributed by atoms with van der Waals surface area (Å²) in [6.07, 6.45) is 1.44. The Balaban J connectivity index is 2.10. The number of rotatable bonds is 3. The molecule has 0 saturated heterocycles. The molecule has 0 unspecified atom stereocenters. The van der Waals surface area contributed by atoms with Crippen LogP contribution in [0.3, 0.4) is 0 Å². The number of nitrogens with one attached hydrogen (secondary N) is 1. The van der Waals surface area contributed by atoms with Gasteiger partial charge in [-0.05, 0) is 19.2 Å². The lowest BCUT2D eigenvalue weighted by Crippen LogP contribution is -2.06. The van der Waals surface area contributed by atoms with Gasteiger partial charge in [0.1, 0.15) is 11.3 Å². The maximum atomic E-state index is 5.74. The minimum Gasteiger partial charge on any atom is -0.453 e. The first-order valence-electron chi connectivity index (χ1n) is 5.44. The zero-order valence-corrected chi connectivity index (χ0v) is 9.43. The molecule has 17 heavy (non-hydrogen) atoms. The highest BCUT2D eigenvalue weighted by atomic mass is 16.4. The van der Waals surface area contributed by atoms with Crippen LogP contribution in [0.5, 0.6) is 0 Å². The second-order valence-corrected chi connectivity index (χ2v) is 3.81. The number of aromatic nitrogens is 1. The molecule has 0 amide bonds. The Bertz CT molecular complexity index is 606. The molecule has 3 rings (SSSR count). The molecule has 4 heteroatoms. The highest BCUT2D eigenvalue weighted by Gasteiger charge is 2.14. The number of nitrogens with zero attached hydrogens (tertiary/aromatic N) is 1. The van der Waals surface area contributed by atoms with Crippen LogP contribution in [0.4, 0.5) is 0 Å². The molecule has 0 spiro atoms. The van der Waals surface area contributed by atoms with Crippen molar-refractivity contribution >= 4 is 11.0 Å². The van der Waals surface area contributed by atoms with Crippen molar-refractivity contribution in [3.05, 3.63) is 42.4 Å². The second kappa shape index (κ2) is 4.07. The van der Waals surface area contributed by atoms with Crippen molar-refractivity contribution in [3.8, 4) is 11.5 Å². The highest BCUT2D eigenvalue weighted by Crippen LogP contribution is 2.29. The van der Waals surface area contributed by atoms with E-state index in [0.29, 0.717) is 18.1 Å². The molecule has 0 radical (unpaired) electrons. The third-order valence-corrected chi connectivity index (χ3v) is 2.63. The van der Waals surface area contributed by atoms with Crippen LogP contribution in [0.15, 0.2) is 45.6 Å². The van der Waals surface area contributed by atoms with Crippen molar-refractivity contribution in [3.63, 3.8) is 0 Å². The van der Waals surface area contributed by atoms with E-state index in [1.165, 1.54) is 6.39 Å². The average Bonchev–Trinajstić information content (AvgIpc) is 2.94. The van der Waals surface area contributed by atoms with Crippen LogP contribution in [0.2, 0.25) is 0 Å². The molecule has 0 aliphatic carbocycles. The molecular formula is C13H12N2O2. The first kappa shape index (κ1) is 10.1. The van der Waals surface area contributed by atoms with E-state index >= 15 is 0 Å². The van der Waals surface area contributed by atoms with Crippen LogP contribution in [0.1, 0.15) is 5.69 Å². The molecule has 0 saturated carbocycles. The Morgan fingerprint density at radius 1 is 1.29 bits per heavy atom. The first-order chi connectivity index (χ1) is 8.38. The Hall–Kier alpha value is -2.07. The van der Waals surface area contributed by atoms with E-state index in [9.17, 15) is 0 Å². The third kappa shape index (κ3) is 1.72. The lowest BCUT2D eigenvalue weighted by molar-refractivity contribution is 0.534. The number of hydrogen-bond acceptors (Lipinski definition) is 4. The molecule has 1 aromatic carbocycles. The lowest BCUT2D eigenvalue weighted by Gasteiger charge is -1.95. The van der Waals surface area contributed by atoms with Crippen LogP contribution in [0.25, 0.3) is 22.5 Å². The first-order valence-corrected chi connectivity index (χ1v) is 5.44. The van der Waals surface area contributed by atoms with E-state index in [1.54, 1.807) is 0 Å². The summed E-state index contributed by atoms with van der Waals surface area (Å²) in [5.41, 5.74) is 1.71. The number of para-hydroxylation sites is 1. The molecule has 0 aliphatic rings. The van der Waals surface area contributed by atoms with Gasteiger partial charge in [0.2, 0.25) is 0 Å². The maximum absolute atomic E-state index is 5.74. The van der Waals surface area contributed by atoms with Crippen LogP contribution in [-0.2, 0) is 6.54 Å². The smallest absolute Gasteiger partial charge is 0.194 e. The zero-order valence-electron chi connectivity index (χ0n) is 9.43. The number of fused-ring (bicyclic) bond motifs is 1. The van der Waals surface area contributed by atoms with Gasteiger partial charge in [0.05, 0.1) is 0 Å². The van der Waals surface area contributed by atoms with E-state index in [1.807, 2.05) is 37.4 Å². The van der Waals surface area contributed by atoms with Crippen molar-refractivity contribution < 1.29 is 8.83 Å². The van der Waals surface area contributed by atoms with Crippen molar-refractivity contribution in [2.24, 2.45) is 0 Å².